The van der Waals surface area contributed by atoms with Crippen molar-refractivity contribution in [2.24, 2.45) is 0 Å². The first-order valence-electron chi connectivity index (χ1n) is 6.37. The molecule has 3 rings (SSSR count). The van der Waals surface area contributed by atoms with Gasteiger partial charge in [0.15, 0.2) is 0 Å². The Kier molecular flexibility index (Phi) is 3.33. The van der Waals surface area contributed by atoms with Crippen LogP contribution in [0.25, 0.3) is 11.0 Å². The number of nitrogen functional groups attached to an aromatic ring is 1. The van der Waals surface area contributed by atoms with Gasteiger partial charge in [-0.2, -0.15) is 0 Å². The lowest BCUT2D eigenvalue weighted by Crippen LogP contribution is -2.31. The van der Waals surface area contributed by atoms with E-state index in [1.807, 2.05) is 6.07 Å². The highest BCUT2D eigenvalue weighted by Gasteiger charge is 2.22. The third kappa shape index (κ3) is 2.29. The molecule has 6 heteroatoms. The zero-order valence-corrected chi connectivity index (χ0v) is 12.2. The van der Waals surface area contributed by atoms with E-state index in [2.05, 4.69) is 21.5 Å². The van der Waals surface area contributed by atoms with Crippen LogP contribution in [0.5, 0.6) is 0 Å². The van der Waals surface area contributed by atoms with Gasteiger partial charge < -0.3 is 15.2 Å². The molecule has 1 fully saturated rings. The molecule has 1 aromatic carbocycles. The fourth-order valence-corrected chi connectivity index (χ4v) is 3.06. The summed E-state index contributed by atoms with van der Waals surface area (Å²) in [6, 6.07) is 4.03. The Bertz CT molecular complexity index is 615. The molecule has 0 aliphatic carbocycles. The number of anilines is 1. The summed E-state index contributed by atoms with van der Waals surface area (Å²) >= 11 is 12.1. The minimum absolute atomic E-state index is 0.387. The minimum atomic E-state index is 0.387. The molecule has 1 aromatic heterocycles. The van der Waals surface area contributed by atoms with Crippen molar-refractivity contribution in [3.05, 3.63) is 22.2 Å². The average molecular weight is 299 g/mol. The molecule has 1 aliphatic heterocycles. The van der Waals surface area contributed by atoms with Crippen LogP contribution in [-0.4, -0.2) is 34.6 Å². The molecule has 0 bridgehead atoms. The molecule has 0 atom stereocenters. The van der Waals surface area contributed by atoms with Crippen LogP contribution in [0.3, 0.4) is 0 Å². The van der Waals surface area contributed by atoms with Gasteiger partial charge >= 0.3 is 0 Å². The van der Waals surface area contributed by atoms with Crippen molar-refractivity contribution in [1.29, 1.82) is 0 Å². The SMILES string of the molecule is CN1CCC(n2c(N)nc3cc(Cl)c(Cl)cc32)CC1. The molecule has 0 saturated carbocycles. The number of halogens is 2. The van der Waals surface area contributed by atoms with E-state index in [0.717, 1.165) is 37.0 Å². The second-order valence-corrected chi connectivity index (χ2v) is 5.94. The molecule has 102 valence electrons. The Labute approximate surface area is 122 Å². The highest BCUT2D eigenvalue weighted by atomic mass is 35.5. The summed E-state index contributed by atoms with van der Waals surface area (Å²) in [5.74, 6) is 0.544. The van der Waals surface area contributed by atoms with Gasteiger partial charge in [-0.3, -0.25) is 0 Å². The molecule has 19 heavy (non-hydrogen) atoms. The Morgan fingerprint density at radius 1 is 1.21 bits per heavy atom. The third-order valence-electron chi connectivity index (χ3n) is 3.81. The Morgan fingerprint density at radius 2 is 1.84 bits per heavy atom. The van der Waals surface area contributed by atoms with Crippen molar-refractivity contribution >= 4 is 40.2 Å². The molecule has 2 heterocycles. The second kappa shape index (κ2) is 4.85. The molecule has 0 amide bonds. The van der Waals surface area contributed by atoms with Crippen molar-refractivity contribution in [3.8, 4) is 0 Å². The van der Waals surface area contributed by atoms with Crippen LogP contribution in [0.15, 0.2) is 12.1 Å². The molecule has 0 spiro atoms. The first-order chi connectivity index (χ1) is 9.06. The maximum atomic E-state index is 6.11. The summed E-state index contributed by atoms with van der Waals surface area (Å²) in [5.41, 5.74) is 7.86. The van der Waals surface area contributed by atoms with E-state index < -0.39 is 0 Å². The lowest BCUT2D eigenvalue weighted by Gasteiger charge is -2.30. The van der Waals surface area contributed by atoms with Crippen molar-refractivity contribution in [3.63, 3.8) is 0 Å². The number of likely N-dealkylation sites (tertiary alicyclic amines) is 1. The first-order valence-corrected chi connectivity index (χ1v) is 7.13. The van der Waals surface area contributed by atoms with Gasteiger partial charge in [-0.1, -0.05) is 23.2 Å². The predicted molar refractivity (Wildman–Crippen MR) is 79.9 cm³/mol. The lowest BCUT2D eigenvalue weighted by molar-refractivity contribution is 0.225. The highest BCUT2D eigenvalue weighted by Crippen LogP contribution is 2.33. The van der Waals surface area contributed by atoms with E-state index in [1.54, 1.807) is 6.07 Å². The summed E-state index contributed by atoms with van der Waals surface area (Å²) < 4.78 is 2.10. The van der Waals surface area contributed by atoms with Crippen LogP contribution in [0, 0.1) is 0 Å². The largest absolute Gasteiger partial charge is 0.369 e. The number of nitrogens with zero attached hydrogens (tertiary/aromatic N) is 3. The van der Waals surface area contributed by atoms with E-state index in [0.29, 0.717) is 22.0 Å². The van der Waals surface area contributed by atoms with Crippen molar-refractivity contribution < 1.29 is 0 Å². The van der Waals surface area contributed by atoms with E-state index in [-0.39, 0.29) is 0 Å². The number of hydrogen-bond donors (Lipinski definition) is 1. The number of nitrogens with two attached hydrogens (primary N) is 1. The fourth-order valence-electron chi connectivity index (χ4n) is 2.75. The lowest BCUT2D eigenvalue weighted by atomic mass is 10.1. The minimum Gasteiger partial charge on any atom is -0.369 e. The molecule has 0 unspecified atom stereocenters. The average Bonchev–Trinajstić information content (AvgIpc) is 2.67. The van der Waals surface area contributed by atoms with E-state index in [4.69, 9.17) is 28.9 Å². The number of hydrogen-bond acceptors (Lipinski definition) is 3. The standard InChI is InChI=1S/C13H16Cl2N4/c1-18-4-2-8(3-5-18)19-12-7-10(15)9(14)6-11(12)17-13(19)16/h6-8H,2-5H2,1H3,(H2,16,17). The smallest absolute Gasteiger partial charge is 0.201 e. The van der Waals surface area contributed by atoms with E-state index in [1.165, 1.54) is 0 Å². The van der Waals surface area contributed by atoms with Crippen LogP contribution < -0.4 is 5.73 Å². The van der Waals surface area contributed by atoms with E-state index in [9.17, 15) is 0 Å². The molecular formula is C13H16Cl2N4. The normalized spacial score (nSPS) is 18.3. The van der Waals surface area contributed by atoms with Gasteiger partial charge in [-0.05, 0) is 45.1 Å². The molecule has 1 aliphatic rings. The van der Waals surface area contributed by atoms with Gasteiger partial charge in [0.2, 0.25) is 5.95 Å². The number of piperidine rings is 1. The van der Waals surface area contributed by atoms with E-state index >= 15 is 0 Å². The maximum Gasteiger partial charge on any atom is 0.201 e. The fraction of sp³-hybridized carbons (Fsp3) is 0.462. The topological polar surface area (TPSA) is 47.1 Å². The van der Waals surface area contributed by atoms with Gasteiger partial charge in [0, 0.05) is 6.04 Å². The Morgan fingerprint density at radius 3 is 2.53 bits per heavy atom. The number of imidazole rings is 1. The van der Waals surface area contributed by atoms with Crippen LogP contribution in [0.4, 0.5) is 5.95 Å². The monoisotopic (exact) mass is 298 g/mol. The second-order valence-electron chi connectivity index (χ2n) is 5.13. The Balaban J connectivity index is 2.07. The molecular weight excluding hydrogens is 283 g/mol. The van der Waals surface area contributed by atoms with Gasteiger partial charge in [0.25, 0.3) is 0 Å². The van der Waals surface area contributed by atoms with Gasteiger partial charge in [0.1, 0.15) is 0 Å². The van der Waals surface area contributed by atoms with Gasteiger partial charge in [-0.15, -0.1) is 0 Å². The summed E-state index contributed by atoms with van der Waals surface area (Å²) in [6.07, 6.45) is 2.15. The predicted octanol–water partition coefficient (Wildman–Crippen LogP) is 3.19. The van der Waals surface area contributed by atoms with Gasteiger partial charge in [0.05, 0.1) is 21.1 Å². The number of rotatable bonds is 1. The van der Waals surface area contributed by atoms with Crippen LogP contribution >= 0.6 is 23.2 Å². The van der Waals surface area contributed by atoms with Crippen molar-refractivity contribution in [2.45, 2.75) is 18.9 Å². The van der Waals surface area contributed by atoms with Crippen LogP contribution in [-0.2, 0) is 0 Å². The summed E-state index contributed by atoms with van der Waals surface area (Å²) in [4.78, 5) is 6.72. The molecule has 0 radical (unpaired) electrons. The molecule has 4 nitrogen and oxygen atoms in total. The number of fused-ring (bicyclic) bond motifs is 1. The van der Waals surface area contributed by atoms with Crippen molar-refractivity contribution in [2.75, 3.05) is 25.9 Å². The van der Waals surface area contributed by atoms with Crippen LogP contribution in [0.2, 0.25) is 10.0 Å². The number of benzene rings is 1. The summed E-state index contributed by atoms with van der Waals surface area (Å²) in [6.45, 7) is 2.15. The summed E-state index contributed by atoms with van der Waals surface area (Å²) in [5, 5.41) is 1.06. The first kappa shape index (κ1) is 13.0. The quantitative estimate of drug-likeness (QED) is 0.879. The van der Waals surface area contributed by atoms with Gasteiger partial charge in [-0.25, -0.2) is 4.98 Å². The van der Waals surface area contributed by atoms with Crippen LogP contribution in [0.1, 0.15) is 18.9 Å². The highest BCUT2D eigenvalue weighted by molar-refractivity contribution is 6.42. The molecule has 1 saturated heterocycles. The van der Waals surface area contributed by atoms with Crippen molar-refractivity contribution in [1.82, 2.24) is 14.5 Å². The number of aromatic nitrogens is 2. The summed E-state index contributed by atoms with van der Waals surface area (Å²) in [7, 11) is 2.14. The Hall–Kier alpha value is -0.970. The molecule has 2 aromatic rings. The maximum absolute atomic E-state index is 6.11. The molecule has 2 N–H and O–H groups in total. The zero-order chi connectivity index (χ0) is 13.6. The zero-order valence-electron chi connectivity index (χ0n) is 10.7. The third-order valence-corrected chi connectivity index (χ3v) is 4.53.